The second-order valence-electron chi connectivity index (χ2n) is 15.0. The van der Waals surface area contributed by atoms with Crippen LogP contribution in [0.3, 0.4) is 0 Å². The van der Waals surface area contributed by atoms with Crippen LogP contribution in [-0.4, -0.2) is 38.4 Å². The molecule has 0 spiro atoms. The summed E-state index contributed by atoms with van der Waals surface area (Å²) in [7, 11) is 0. The molecule has 0 saturated heterocycles. The first-order chi connectivity index (χ1) is 28.0. The second-order valence-corrected chi connectivity index (χ2v) is 15.0. The molecule has 1 saturated carbocycles. The quantitative estimate of drug-likeness (QED) is 0.0441. The summed E-state index contributed by atoms with van der Waals surface area (Å²) in [6.45, 7) is 2.04. The molecule has 4 aromatic rings. The van der Waals surface area contributed by atoms with Gasteiger partial charge in [-0.3, -0.25) is 9.59 Å². The third-order valence-electron chi connectivity index (χ3n) is 11.0. The lowest BCUT2D eigenvalue weighted by atomic mass is 9.83. The number of rotatable bonds is 22. The van der Waals surface area contributed by atoms with E-state index in [1.807, 2.05) is 97.1 Å². The van der Waals surface area contributed by atoms with Gasteiger partial charge in [-0.1, -0.05) is 99.2 Å². The topological polar surface area (TPSA) is 119 Å². The van der Waals surface area contributed by atoms with Crippen LogP contribution in [-0.2, 0) is 19.1 Å². The summed E-state index contributed by atoms with van der Waals surface area (Å²) >= 11 is 0. The highest BCUT2D eigenvalue weighted by Gasteiger charge is 2.53. The Morgan fingerprint density at radius 2 is 0.772 bits per heavy atom. The molecule has 0 radical (unpaired) electrons. The number of nitrogens with zero attached hydrogens (tertiary/aromatic N) is 2. The molecule has 2 aliphatic carbocycles. The summed E-state index contributed by atoms with van der Waals surface area (Å²) in [4.78, 5) is 26.3. The molecular formula is C49H52N2O6. The number of fused-ring (bicyclic) bond motifs is 2. The smallest absolute Gasteiger partial charge is 0.310 e. The number of hydrogen-bond acceptors (Lipinski definition) is 8. The van der Waals surface area contributed by atoms with Crippen molar-refractivity contribution >= 4 is 11.9 Å². The Morgan fingerprint density at radius 3 is 1.12 bits per heavy atom. The van der Waals surface area contributed by atoms with Crippen molar-refractivity contribution in [2.45, 2.75) is 70.6 Å². The fraction of sp³-hybridized carbons (Fsp3) is 0.388. The summed E-state index contributed by atoms with van der Waals surface area (Å²) in [6, 6.07) is 35.4. The first-order valence-electron chi connectivity index (χ1n) is 20.5. The predicted molar refractivity (Wildman–Crippen MR) is 220 cm³/mol. The molecule has 0 heterocycles. The highest BCUT2D eigenvalue weighted by molar-refractivity contribution is 5.84. The van der Waals surface area contributed by atoms with Crippen LogP contribution >= 0.6 is 0 Å². The molecule has 0 aromatic heterocycles. The van der Waals surface area contributed by atoms with Crippen molar-refractivity contribution in [1.82, 2.24) is 0 Å². The van der Waals surface area contributed by atoms with Gasteiger partial charge in [0.05, 0.1) is 61.5 Å². The lowest BCUT2D eigenvalue weighted by molar-refractivity contribution is -0.161. The van der Waals surface area contributed by atoms with E-state index in [4.69, 9.17) is 29.5 Å². The Labute approximate surface area is 337 Å². The molecule has 4 unspecified atom stereocenters. The van der Waals surface area contributed by atoms with Crippen molar-refractivity contribution in [2.24, 2.45) is 23.7 Å². The fourth-order valence-corrected chi connectivity index (χ4v) is 7.81. The summed E-state index contributed by atoms with van der Waals surface area (Å²) in [5.74, 6) is 0.350. The minimum absolute atomic E-state index is 0.0509. The Morgan fingerprint density at radius 1 is 0.456 bits per heavy atom. The molecule has 4 atom stereocenters. The van der Waals surface area contributed by atoms with Crippen LogP contribution in [0.1, 0.15) is 81.8 Å². The van der Waals surface area contributed by atoms with Crippen molar-refractivity contribution < 1.29 is 28.5 Å². The van der Waals surface area contributed by atoms with Crippen LogP contribution in [0.4, 0.5) is 0 Å². The van der Waals surface area contributed by atoms with Gasteiger partial charge in [0.25, 0.3) is 0 Å². The van der Waals surface area contributed by atoms with Crippen molar-refractivity contribution in [2.75, 3.05) is 26.4 Å². The number of hydrogen-bond donors (Lipinski definition) is 0. The van der Waals surface area contributed by atoms with E-state index < -0.39 is 11.8 Å². The Balaban J connectivity index is 0.777. The average molecular weight is 765 g/mol. The number of esters is 2. The maximum Gasteiger partial charge on any atom is 0.310 e. The fourth-order valence-electron chi connectivity index (χ4n) is 7.81. The third kappa shape index (κ3) is 11.8. The number of unbranched alkanes of at least 4 members (excludes halogenated alkanes) is 8. The average Bonchev–Trinajstić information content (AvgIpc) is 3.88. The van der Waals surface area contributed by atoms with Crippen LogP contribution < -0.4 is 9.47 Å². The molecule has 0 amide bonds. The maximum atomic E-state index is 13.2. The van der Waals surface area contributed by atoms with E-state index in [1.165, 1.54) is 0 Å². The van der Waals surface area contributed by atoms with E-state index >= 15 is 0 Å². The number of nitriles is 2. The number of ether oxygens (including phenoxy) is 4. The largest absolute Gasteiger partial charge is 0.494 e. The molecule has 294 valence electrons. The van der Waals surface area contributed by atoms with E-state index in [2.05, 4.69) is 24.3 Å². The van der Waals surface area contributed by atoms with E-state index in [1.54, 1.807) is 0 Å². The van der Waals surface area contributed by atoms with Crippen LogP contribution in [0.5, 0.6) is 11.5 Å². The van der Waals surface area contributed by atoms with Gasteiger partial charge in [-0.05, 0) is 115 Å². The zero-order chi connectivity index (χ0) is 39.7. The highest BCUT2D eigenvalue weighted by Crippen LogP contribution is 2.49. The number of allylic oxidation sites excluding steroid dienone is 2. The summed E-state index contributed by atoms with van der Waals surface area (Å²) in [6.07, 6.45) is 14.5. The van der Waals surface area contributed by atoms with Gasteiger partial charge >= 0.3 is 11.9 Å². The van der Waals surface area contributed by atoms with E-state index in [9.17, 15) is 9.59 Å². The molecule has 57 heavy (non-hydrogen) atoms. The Bertz CT molecular complexity index is 1850. The molecule has 2 aliphatic rings. The van der Waals surface area contributed by atoms with Gasteiger partial charge in [-0.2, -0.15) is 10.5 Å². The van der Waals surface area contributed by atoms with Crippen LogP contribution in [0.25, 0.3) is 22.3 Å². The van der Waals surface area contributed by atoms with Crippen molar-refractivity contribution in [1.29, 1.82) is 10.5 Å². The second kappa shape index (κ2) is 21.4. The van der Waals surface area contributed by atoms with Crippen LogP contribution in [0.15, 0.2) is 109 Å². The number of carbonyl (C=O) groups is 2. The zero-order valence-corrected chi connectivity index (χ0v) is 32.7. The minimum atomic E-state index is -0.449. The van der Waals surface area contributed by atoms with Gasteiger partial charge in [-0.15, -0.1) is 0 Å². The maximum absolute atomic E-state index is 13.2. The van der Waals surface area contributed by atoms with Gasteiger partial charge in [0, 0.05) is 0 Å². The summed E-state index contributed by atoms with van der Waals surface area (Å²) in [5.41, 5.74) is 5.59. The molecule has 8 heteroatoms. The SMILES string of the molecule is N#Cc1ccc(-c2ccc(OCCCCCCCOC(=O)C3C4C=CC(C4)C3C(=O)OCCCCCCCOc3ccc(-c4ccc(C#N)cc4)cc3)cc2)cc1. The molecule has 2 bridgehead atoms. The van der Waals surface area contributed by atoms with Gasteiger partial charge < -0.3 is 18.9 Å². The molecule has 4 aromatic carbocycles. The first kappa shape index (κ1) is 40.8. The zero-order valence-electron chi connectivity index (χ0n) is 32.7. The molecular weight excluding hydrogens is 713 g/mol. The third-order valence-corrected chi connectivity index (χ3v) is 11.0. The van der Waals surface area contributed by atoms with E-state index in [0.29, 0.717) is 37.6 Å². The molecule has 1 fully saturated rings. The van der Waals surface area contributed by atoms with Gasteiger partial charge in [0.1, 0.15) is 11.5 Å². The van der Waals surface area contributed by atoms with Gasteiger partial charge in [-0.25, -0.2) is 0 Å². The van der Waals surface area contributed by atoms with Crippen molar-refractivity contribution in [3.8, 4) is 45.9 Å². The lowest BCUT2D eigenvalue weighted by Crippen LogP contribution is -2.35. The summed E-state index contributed by atoms with van der Waals surface area (Å²) < 4.78 is 23.3. The molecule has 0 aliphatic heterocycles. The number of carbonyl (C=O) groups excluding carboxylic acids is 2. The van der Waals surface area contributed by atoms with E-state index in [0.717, 1.165) is 104 Å². The first-order valence-corrected chi connectivity index (χ1v) is 20.5. The monoisotopic (exact) mass is 764 g/mol. The molecule has 6 rings (SSSR count). The normalized spacial score (nSPS) is 17.7. The highest BCUT2D eigenvalue weighted by atomic mass is 16.5. The van der Waals surface area contributed by atoms with Crippen molar-refractivity contribution in [3.05, 3.63) is 120 Å². The summed E-state index contributed by atoms with van der Waals surface area (Å²) in [5, 5.41) is 18.0. The predicted octanol–water partition coefficient (Wildman–Crippen LogP) is 10.6. The lowest BCUT2D eigenvalue weighted by Gasteiger charge is -2.25. The Kier molecular flexibility index (Phi) is 15.3. The molecule has 8 nitrogen and oxygen atoms in total. The van der Waals surface area contributed by atoms with E-state index in [-0.39, 0.29) is 23.8 Å². The van der Waals surface area contributed by atoms with Gasteiger partial charge in [0.2, 0.25) is 0 Å². The number of benzene rings is 4. The standard InChI is InChI=1S/C49H52N2O6/c50-34-36-11-15-38(16-12-36)40-21-25-44(26-22-40)54-29-7-3-1-5-9-31-56-48(52)46-42-19-20-43(33-42)47(46)49(53)57-32-10-6-2-4-8-30-55-45-27-23-41(24-28-45)39-17-13-37(35-51)14-18-39/h11-28,42-43,46-47H,1-10,29-33H2. The Hall–Kier alpha value is -5.86. The van der Waals surface area contributed by atoms with Crippen LogP contribution in [0, 0.1) is 46.3 Å². The minimum Gasteiger partial charge on any atom is -0.494 e. The van der Waals surface area contributed by atoms with Gasteiger partial charge in [0.15, 0.2) is 0 Å². The molecule has 0 N–H and O–H groups in total. The van der Waals surface area contributed by atoms with Crippen LogP contribution in [0.2, 0.25) is 0 Å². The van der Waals surface area contributed by atoms with Crippen molar-refractivity contribution in [3.63, 3.8) is 0 Å².